The molecule has 0 heterocycles. The number of hydrogen-bond acceptors (Lipinski definition) is 2. The first-order valence-corrected chi connectivity index (χ1v) is 12.6. The highest BCUT2D eigenvalue weighted by atomic mass is 16.5. The monoisotopic (exact) mass is 449 g/mol. The van der Waals surface area contributed by atoms with Crippen molar-refractivity contribution in [3.63, 3.8) is 0 Å². The smallest absolute Gasteiger partial charge is 0.127 e. The molecule has 2 nitrogen and oxygen atoms in total. The average Bonchev–Trinajstić information content (AvgIpc) is 2.90. The molecule has 174 valence electrons. The molecule has 0 atom stereocenters. The zero-order valence-electron chi connectivity index (χ0n) is 20.2. The Morgan fingerprint density at radius 2 is 1.06 bits per heavy atom. The molecule has 0 fully saturated rings. The maximum absolute atomic E-state index is 6.20. The number of para-hydroxylation sites is 3. The molecule has 4 rings (SSSR count). The Bertz CT molecular complexity index is 1070. The number of benzene rings is 4. The van der Waals surface area contributed by atoms with Gasteiger partial charge in [-0.15, -0.1) is 0 Å². The molecule has 0 bridgehead atoms. The summed E-state index contributed by atoms with van der Waals surface area (Å²) in [6, 6.07) is 38.2. The number of ether oxygens (including phenoxy) is 1. The summed E-state index contributed by atoms with van der Waals surface area (Å²) in [6.45, 7) is 3.03. The van der Waals surface area contributed by atoms with Crippen LogP contribution in [-0.2, 0) is 0 Å². The number of hydrogen-bond donors (Lipinski definition) is 0. The van der Waals surface area contributed by atoms with Crippen LogP contribution in [0.25, 0.3) is 11.1 Å². The minimum Gasteiger partial charge on any atom is -0.493 e. The van der Waals surface area contributed by atoms with Crippen molar-refractivity contribution in [3.05, 3.63) is 109 Å². The Morgan fingerprint density at radius 3 is 1.71 bits per heavy atom. The van der Waals surface area contributed by atoms with Crippen LogP contribution in [0.1, 0.15) is 45.4 Å². The number of unbranched alkanes of at least 4 members (excludes halogenated alkanes) is 5. The molecular weight excluding hydrogens is 414 g/mol. The minimum absolute atomic E-state index is 0.775. The molecule has 2 heteroatoms. The van der Waals surface area contributed by atoms with E-state index in [2.05, 4.69) is 121 Å². The summed E-state index contributed by atoms with van der Waals surface area (Å²) < 4.78 is 6.20. The van der Waals surface area contributed by atoms with E-state index >= 15 is 0 Å². The van der Waals surface area contributed by atoms with Crippen molar-refractivity contribution in [2.75, 3.05) is 11.5 Å². The first-order chi connectivity index (χ1) is 16.9. The lowest BCUT2D eigenvalue weighted by atomic mass is 10.0. The van der Waals surface area contributed by atoms with E-state index < -0.39 is 0 Å². The summed E-state index contributed by atoms with van der Waals surface area (Å²) in [5, 5.41) is 0. The highest BCUT2D eigenvalue weighted by Crippen LogP contribution is 2.36. The predicted molar refractivity (Wildman–Crippen MR) is 145 cm³/mol. The Kier molecular flexibility index (Phi) is 8.79. The van der Waals surface area contributed by atoms with Crippen molar-refractivity contribution in [1.29, 1.82) is 0 Å². The van der Waals surface area contributed by atoms with Gasteiger partial charge in [-0.2, -0.15) is 0 Å². The summed E-state index contributed by atoms with van der Waals surface area (Å²) in [5.41, 5.74) is 5.73. The van der Waals surface area contributed by atoms with E-state index in [4.69, 9.17) is 4.74 Å². The molecule has 34 heavy (non-hydrogen) atoms. The molecule has 0 aliphatic carbocycles. The third kappa shape index (κ3) is 6.29. The van der Waals surface area contributed by atoms with E-state index in [9.17, 15) is 0 Å². The fourth-order valence-corrected chi connectivity index (χ4v) is 4.29. The molecule has 4 aromatic carbocycles. The van der Waals surface area contributed by atoms with Gasteiger partial charge in [0, 0.05) is 22.6 Å². The van der Waals surface area contributed by atoms with Crippen LogP contribution in [0.4, 0.5) is 17.1 Å². The highest BCUT2D eigenvalue weighted by molar-refractivity contribution is 5.79. The van der Waals surface area contributed by atoms with Crippen LogP contribution in [0.15, 0.2) is 109 Å². The van der Waals surface area contributed by atoms with Gasteiger partial charge in [-0.1, -0.05) is 106 Å². The summed E-state index contributed by atoms with van der Waals surface area (Å²) in [7, 11) is 0. The van der Waals surface area contributed by atoms with Crippen LogP contribution in [0, 0.1) is 0 Å². The second-order valence-corrected chi connectivity index (χ2v) is 8.67. The van der Waals surface area contributed by atoms with Crippen LogP contribution in [0.3, 0.4) is 0 Å². The lowest BCUT2D eigenvalue weighted by Gasteiger charge is -2.25. The minimum atomic E-state index is 0.775. The van der Waals surface area contributed by atoms with E-state index in [1.54, 1.807) is 0 Å². The summed E-state index contributed by atoms with van der Waals surface area (Å²) in [4.78, 5) is 2.28. The normalized spacial score (nSPS) is 10.7. The van der Waals surface area contributed by atoms with Crippen molar-refractivity contribution in [1.82, 2.24) is 0 Å². The lowest BCUT2D eigenvalue weighted by Crippen LogP contribution is -2.09. The van der Waals surface area contributed by atoms with Crippen LogP contribution in [0.5, 0.6) is 5.75 Å². The zero-order valence-corrected chi connectivity index (χ0v) is 20.2. The van der Waals surface area contributed by atoms with E-state index in [1.807, 2.05) is 0 Å². The summed E-state index contributed by atoms with van der Waals surface area (Å²) in [5.74, 6) is 0.965. The second kappa shape index (κ2) is 12.6. The molecule has 0 radical (unpaired) electrons. The summed E-state index contributed by atoms with van der Waals surface area (Å²) in [6.07, 6.45) is 7.62. The standard InChI is InChI=1S/C32H35NO/c1-2-3-4-5-6-15-26-34-32-21-14-13-20-31(32)27-22-24-30(25-23-27)33(28-16-9-7-10-17-28)29-18-11-8-12-19-29/h7-14,16-25H,2-6,15,26H2,1H3. The first-order valence-electron chi connectivity index (χ1n) is 12.6. The number of anilines is 3. The molecule has 0 saturated carbocycles. The molecule has 4 aromatic rings. The van der Waals surface area contributed by atoms with Crippen molar-refractivity contribution in [2.24, 2.45) is 0 Å². The third-order valence-corrected chi connectivity index (χ3v) is 6.11. The highest BCUT2D eigenvalue weighted by Gasteiger charge is 2.13. The SMILES string of the molecule is CCCCCCCCOc1ccccc1-c1ccc(N(c2ccccc2)c2ccccc2)cc1. The van der Waals surface area contributed by atoms with Crippen molar-refractivity contribution in [3.8, 4) is 16.9 Å². The second-order valence-electron chi connectivity index (χ2n) is 8.67. The maximum atomic E-state index is 6.20. The zero-order chi connectivity index (χ0) is 23.4. The molecule has 0 unspecified atom stereocenters. The van der Waals surface area contributed by atoms with Crippen LogP contribution < -0.4 is 9.64 Å². The quantitative estimate of drug-likeness (QED) is 0.200. The van der Waals surface area contributed by atoms with E-state index in [1.165, 1.54) is 37.7 Å². The third-order valence-electron chi connectivity index (χ3n) is 6.11. The maximum Gasteiger partial charge on any atom is 0.127 e. The molecular formula is C32H35NO. The van der Waals surface area contributed by atoms with Gasteiger partial charge in [-0.05, 0) is 54.4 Å². The Balaban J connectivity index is 1.50. The van der Waals surface area contributed by atoms with Gasteiger partial charge in [0.05, 0.1) is 6.61 Å². The van der Waals surface area contributed by atoms with Crippen molar-refractivity contribution in [2.45, 2.75) is 45.4 Å². The van der Waals surface area contributed by atoms with Crippen LogP contribution in [0.2, 0.25) is 0 Å². The van der Waals surface area contributed by atoms with Gasteiger partial charge in [-0.25, -0.2) is 0 Å². The topological polar surface area (TPSA) is 12.5 Å². The fraction of sp³-hybridized carbons (Fsp3) is 0.250. The fourth-order valence-electron chi connectivity index (χ4n) is 4.29. The van der Waals surface area contributed by atoms with Crippen LogP contribution in [-0.4, -0.2) is 6.61 Å². The number of nitrogens with zero attached hydrogens (tertiary/aromatic N) is 1. The van der Waals surface area contributed by atoms with Gasteiger partial charge in [0.1, 0.15) is 5.75 Å². The van der Waals surface area contributed by atoms with Gasteiger partial charge in [0.15, 0.2) is 0 Å². The Morgan fingerprint density at radius 1 is 0.529 bits per heavy atom. The first kappa shape index (κ1) is 23.6. The molecule has 0 aromatic heterocycles. The molecule has 0 aliphatic rings. The Labute approximate surface area is 204 Å². The van der Waals surface area contributed by atoms with Crippen molar-refractivity contribution >= 4 is 17.1 Å². The average molecular weight is 450 g/mol. The van der Waals surface area contributed by atoms with Crippen LogP contribution >= 0.6 is 0 Å². The van der Waals surface area contributed by atoms with Gasteiger partial charge < -0.3 is 9.64 Å². The molecule has 0 aliphatic heterocycles. The number of rotatable bonds is 12. The summed E-state index contributed by atoms with van der Waals surface area (Å²) >= 11 is 0. The van der Waals surface area contributed by atoms with Gasteiger partial charge >= 0.3 is 0 Å². The van der Waals surface area contributed by atoms with Crippen molar-refractivity contribution < 1.29 is 4.74 Å². The molecule has 0 spiro atoms. The van der Waals surface area contributed by atoms with E-state index in [0.29, 0.717) is 0 Å². The molecule has 0 saturated heterocycles. The van der Waals surface area contributed by atoms with E-state index in [0.717, 1.165) is 41.4 Å². The van der Waals surface area contributed by atoms with Gasteiger partial charge in [0.2, 0.25) is 0 Å². The Hall–Kier alpha value is -3.52. The lowest BCUT2D eigenvalue weighted by molar-refractivity contribution is 0.305. The largest absolute Gasteiger partial charge is 0.493 e. The molecule has 0 N–H and O–H groups in total. The van der Waals surface area contributed by atoms with Gasteiger partial charge in [0.25, 0.3) is 0 Å². The predicted octanol–water partition coefficient (Wildman–Crippen LogP) is 9.56. The van der Waals surface area contributed by atoms with Gasteiger partial charge in [-0.3, -0.25) is 0 Å². The van der Waals surface area contributed by atoms with E-state index in [-0.39, 0.29) is 0 Å². The molecule has 0 amide bonds.